The highest BCUT2D eigenvalue weighted by atomic mass is 32.4. The number of nitrogens with two attached hydrogens (primary N) is 1. The van der Waals surface area contributed by atoms with Crippen LogP contribution in [0.5, 0.6) is 5.75 Å². The minimum Gasteiger partial charge on any atom is -0.507 e. The van der Waals surface area contributed by atoms with Crippen molar-refractivity contribution in [2.75, 3.05) is 0 Å². The third-order valence-corrected chi connectivity index (χ3v) is 1.87. The lowest BCUT2D eigenvalue weighted by atomic mass is 10.2. The minimum absolute atomic E-state index is 0.0744. The lowest BCUT2D eigenvalue weighted by molar-refractivity contribution is 0.0756. The number of aromatic hydroxyl groups is 1. The molecule has 0 aromatic heterocycles. The van der Waals surface area contributed by atoms with E-state index in [0.29, 0.717) is 0 Å². The van der Waals surface area contributed by atoms with E-state index in [-0.39, 0.29) is 11.3 Å². The van der Waals surface area contributed by atoms with Crippen molar-refractivity contribution >= 4 is 24.9 Å². The van der Waals surface area contributed by atoms with E-state index in [1.807, 2.05) is 0 Å². The maximum Gasteiger partial charge on any atom is 0.490 e. The lowest BCUT2D eigenvalue weighted by Crippen LogP contribution is -2.01. The normalized spacial score (nSPS) is 10.7. The number of carbonyl (C=O) groups excluding carboxylic acids is 1. The average Bonchev–Trinajstić information content (AvgIpc) is 2.03. The molecule has 0 saturated carbocycles. The van der Waals surface area contributed by atoms with Gasteiger partial charge in [0.1, 0.15) is 11.3 Å². The van der Waals surface area contributed by atoms with Crippen molar-refractivity contribution in [3.63, 3.8) is 0 Å². The summed E-state index contributed by atoms with van der Waals surface area (Å²) in [5, 5.41) is 9.23. The maximum atomic E-state index is 11.2. The molecule has 0 saturated heterocycles. The van der Waals surface area contributed by atoms with Crippen LogP contribution in [-0.2, 0) is 16.3 Å². The fourth-order valence-electron chi connectivity index (χ4n) is 0.777. The van der Waals surface area contributed by atoms with Gasteiger partial charge < -0.3 is 5.11 Å². The van der Waals surface area contributed by atoms with Crippen LogP contribution in [0.4, 0.5) is 0 Å². The van der Waals surface area contributed by atoms with Gasteiger partial charge in [-0.1, -0.05) is 12.1 Å². The Balaban J connectivity index is 2.89. The van der Waals surface area contributed by atoms with Gasteiger partial charge in [0.2, 0.25) is 11.8 Å². The summed E-state index contributed by atoms with van der Waals surface area (Å²) < 4.78 is 4.58. The highest BCUT2D eigenvalue weighted by molar-refractivity contribution is 8.02. The van der Waals surface area contributed by atoms with E-state index in [1.54, 1.807) is 12.1 Å². The number of phenols is 1. The molecule has 68 valence electrons. The summed E-state index contributed by atoms with van der Waals surface area (Å²) in [6.45, 7) is 0. The van der Waals surface area contributed by atoms with Gasteiger partial charge in [-0.25, -0.2) is 9.32 Å². The van der Waals surface area contributed by atoms with Crippen LogP contribution in [0, 0.1) is 0 Å². The first-order chi connectivity index (χ1) is 6.11. The largest absolute Gasteiger partial charge is 0.507 e. The van der Waals surface area contributed by atoms with Gasteiger partial charge in [-0.3, -0.25) is 0 Å². The summed E-state index contributed by atoms with van der Waals surface area (Å²) in [7, 11) is -1.65. The van der Waals surface area contributed by atoms with Gasteiger partial charge in [0, 0.05) is 0 Å². The summed E-state index contributed by atoms with van der Waals surface area (Å²) in [6.07, 6.45) is 0. The molecule has 1 aromatic rings. The molecule has 0 radical (unpaired) electrons. The smallest absolute Gasteiger partial charge is 0.490 e. The zero-order valence-corrected chi connectivity index (χ0v) is 8.22. The molecule has 1 atom stereocenters. The Labute approximate surface area is 80.9 Å². The van der Waals surface area contributed by atoms with E-state index in [4.69, 9.17) is 5.50 Å². The maximum absolute atomic E-state index is 11.2. The van der Waals surface area contributed by atoms with E-state index in [9.17, 15) is 9.90 Å². The topological polar surface area (TPSA) is 72.5 Å². The molecule has 1 rings (SSSR count). The third-order valence-electron chi connectivity index (χ3n) is 1.30. The number of para-hydroxylation sites is 1. The Bertz CT molecular complexity index is 355. The van der Waals surface area contributed by atoms with E-state index >= 15 is 0 Å². The molecule has 1 aromatic carbocycles. The van der Waals surface area contributed by atoms with Crippen molar-refractivity contribution in [1.29, 1.82) is 0 Å². The second-order valence-electron chi connectivity index (χ2n) is 2.18. The number of benzene rings is 1. The number of hydrogen-bond donors (Lipinski definition) is 2. The van der Waals surface area contributed by atoms with Crippen molar-refractivity contribution < 1.29 is 14.4 Å². The highest BCUT2D eigenvalue weighted by Gasteiger charge is 2.18. The van der Waals surface area contributed by atoms with E-state index in [2.05, 4.69) is 16.3 Å². The molecule has 13 heavy (non-hydrogen) atoms. The molecule has 0 heterocycles. The van der Waals surface area contributed by atoms with Crippen molar-refractivity contribution in [2.24, 2.45) is 5.50 Å². The molecule has 0 bridgehead atoms. The summed E-state index contributed by atoms with van der Waals surface area (Å²) in [6, 6.07) is 6.04. The Morgan fingerprint density at radius 2 is 2.15 bits per heavy atom. The lowest BCUT2D eigenvalue weighted by Gasteiger charge is -1.96. The van der Waals surface area contributed by atoms with Crippen LogP contribution in [0.3, 0.4) is 0 Å². The van der Waals surface area contributed by atoms with Crippen LogP contribution >= 0.6 is 7.07 Å². The van der Waals surface area contributed by atoms with Gasteiger partial charge in [0.15, 0.2) is 0 Å². The molecule has 0 aliphatic heterocycles. The number of rotatable bonds is 2. The van der Waals surface area contributed by atoms with Crippen molar-refractivity contribution in [3.05, 3.63) is 29.8 Å². The molecular formula is C7H7NO3PS+. The third kappa shape index (κ3) is 2.73. The van der Waals surface area contributed by atoms with E-state index in [0.717, 1.165) is 0 Å². The van der Waals surface area contributed by atoms with Crippen LogP contribution in [0.1, 0.15) is 10.4 Å². The summed E-state index contributed by atoms with van der Waals surface area (Å²) in [4.78, 5) is 11.2. The van der Waals surface area contributed by atoms with E-state index < -0.39 is 13.0 Å². The summed E-state index contributed by atoms with van der Waals surface area (Å²) in [5.41, 5.74) is 5.21. The summed E-state index contributed by atoms with van der Waals surface area (Å²) in [5.74, 6) is -0.832. The predicted molar refractivity (Wildman–Crippen MR) is 52.0 cm³/mol. The number of phenolic OH excluding ortho intramolecular Hbond substituents is 1. The van der Waals surface area contributed by atoms with Crippen LogP contribution in [-0.4, -0.2) is 11.1 Å². The molecule has 6 heteroatoms. The average molecular weight is 216 g/mol. The molecule has 1 unspecified atom stereocenters. The van der Waals surface area contributed by atoms with Gasteiger partial charge in [-0.05, 0) is 12.1 Å². The molecule has 0 spiro atoms. The SMILES string of the molecule is N[P+](=S)OC(=O)c1ccccc1O. The predicted octanol–water partition coefficient (Wildman–Crippen LogP) is 1.28. The number of carbonyl (C=O) groups is 1. The quantitative estimate of drug-likeness (QED) is 0.728. The fraction of sp³-hybridized carbons (Fsp3) is 0. The first kappa shape index (κ1) is 10.1. The minimum atomic E-state index is -1.65. The molecule has 0 aliphatic carbocycles. The standard InChI is InChI=1S/C7H6NO3PS/c8-12(13)11-7(10)5-3-1-2-4-6(5)9/h1-4H,(H2-,8,9,10,13)/p+1. The highest BCUT2D eigenvalue weighted by Crippen LogP contribution is 2.21. The first-order valence-corrected chi connectivity index (χ1v) is 5.67. The van der Waals surface area contributed by atoms with Crippen molar-refractivity contribution in [2.45, 2.75) is 0 Å². The van der Waals surface area contributed by atoms with Gasteiger partial charge in [0.25, 0.3) is 0 Å². The monoisotopic (exact) mass is 216 g/mol. The molecular weight excluding hydrogens is 209 g/mol. The molecule has 0 amide bonds. The zero-order chi connectivity index (χ0) is 9.84. The van der Waals surface area contributed by atoms with Gasteiger partial charge in [-0.15, -0.1) is 5.50 Å². The van der Waals surface area contributed by atoms with Gasteiger partial charge in [0.05, 0.1) is 0 Å². The van der Waals surface area contributed by atoms with Crippen LogP contribution in [0.25, 0.3) is 0 Å². The second kappa shape index (κ2) is 4.28. The van der Waals surface area contributed by atoms with Crippen molar-refractivity contribution in [3.8, 4) is 5.75 Å². The Morgan fingerprint density at radius 3 is 2.69 bits per heavy atom. The van der Waals surface area contributed by atoms with Gasteiger partial charge in [-0.2, -0.15) is 0 Å². The summed E-state index contributed by atoms with van der Waals surface area (Å²) >= 11 is 4.52. The van der Waals surface area contributed by atoms with Crippen LogP contribution < -0.4 is 5.50 Å². The van der Waals surface area contributed by atoms with Gasteiger partial charge >= 0.3 is 13.0 Å². The van der Waals surface area contributed by atoms with E-state index in [1.165, 1.54) is 12.1 Å². The van der Waals surface area contributed by atoms with Crippen LogP contribution in [0.15, 0.2) is 24.3 Å². The fourth-order valence-corrected chi connectivity index (χ4v) is 1.24. The number of hydrogen-bond acceptors (Lipinski definition) is 4. The second-order valence-corrected chi connectivity index (χ2v) is 4.01. The Kier molecular flexibility index (Phi) is 3.31. The Morgan fingerprint density at radius 1 is 1.54 bits per heavy atom. The zero-order valence-electron chi connectivity index (χ0n) is 6.51. The van der Waals surface area contributed by atoms with Crippen LogP contribution in [0.2, 0.25) is 0 Å². The molecule has 3 N–H and O–H groups in total. The Hall–Kier alpha value is -1.03. The molecule has 0 fully saturated rings. The molecule has 4 nitrogen and oxygen atoms in total. The first-order valence-electron chi connectivity index (χ1n) is 3.33. The molecule has 0 aliphatic rings. The van der Waals surface area contributed by atoms with Crippen molar-refractivity contribution in [1.82, 2.24) is 0 Å².